The van der Waals surface area contributed by atoms with Gasteiger partial charge >= 0.3 is 5.97 Å². The van der Waals surface area contributed by atoms with E-state index in [1.807, 2.05) is 24.3 Å². The third kappa shape index (κ3) is 5.70. The molecule has 4 nitrogen and oxygen atoms in total. The quantitative estimate of drug-likeness (QED) is 0.617. The van der Waals surface area contributed by atoms with Crippen LogP contribution in [0, 0.1) is 0 Å². The first-order valence-electron chi connectivity index (χ1n) is 5.87. The number of carbonyl (C=O) groups excluding carboxylic acids is 2. The molecule has 0 unspecified atom stereocenters. The number of rotatable bonds is 5. The van der Waals surface area contributed by atoms with Crippen LogP contribution in [0.25, 0.3) is 6.08 Å². The third-order valence-electron chi connectivity index (χ3n) is 2.34. The molecule has 1 aromatic carbocycles. The first-order valence-corrected chi connectivity index (χ1v) is 6.66. The highest BCUT2D eigenvalue weighted by atomic mass is 79.9. The molecule has 0 aromatic heterocycles. The standard InChI is InChI=1S/C14H16BrNO3/c1-3-19-14(18)10-16(2)13(17)9-6-11-4-7-12(15)8-5-11/h4-9H,3,10H2,1-2H3/b9-6+. The van der Waals surface area contributed by atoms with Crippen LogP contribution in [-0.4, -0.2) is 37.0 Å². The van der Waals surface area contributed by atoms with Crippen LogP contribution in [0.4, 0.5) is 0 Å². The van der Waals surface area contributed by atoms with E-state index in [1.54, 1.807) is 20.0 Å². The minimum Gasteiger partial charge on any atom is -0.465 e. The summed E-state index contributed by atoms with van der Waals surface area (Å²) in [7, 11) is 1.56. The van der Waals surface area contributed by atoms with Crippen molar-refractivity contribution in [3.05, 3.63) is 40.4 Å². The van der Waals surface area contributed by atoms with Crippen molar-refractivity contribution in [3.63, 3.8) is 0 Å². The van der Waals surface area contributed by atoms with Crippen molar-refractivity contribution >= 4 is 33.9 Å². The highest BCUT2D eigenvalue weighted by Crippen LogP contribution is 2.11. The van der Waals surface area contributed by atoms with Crippen molar-refractivity contribution in [1.29, 1.82) is 0 Å². The lowest BCUT2D eigenvalue weighted by Gasteiger charge is -2.13. The van der Waals surface area contributed by atoms with Gasteiger partial charge in [-0.15, -0.1) is 0 Å². The number of esters is 1. The van der Waals surface area contributed by atoms with E-state index >= 15 is 0 Å². The van der Waals surface area contributed by atoms with Crippen molar-refractivity contribution in [3.8, 4) is 0 Å². The average molecular weight is 326 g/mol. The number of hydrogen-bond donors (Lipinski definition) is 0. The Bertz CT molecular complexity index is 468. The van der Waals surface area contributed by atoms with E-state index in [9.17, 15) is 9.59 Å². The first-order chi connectivity index (χ1) is 9.02. The highest BCUT2D eigenvalue weighted by Gasteiger charge is 2.10. The Balaban J connectivity index is 2.54. The van der Waals surface area contributed by atoms with E-state index in [0.717, 1.165) is 10.0 Å². The molecule has 0 aliphatic carbocycles. The zero-order valence-electron chi connectivity index (χ0n) is 10.9. The van der Waals surface area contributed by atoms with Crippen LogP contribution in [0.1, 0.15) is 12.5 Å². The van der Waals surface area contributed by atoms with Crippen LogP contribution in [0.15, 0.2) is 34.8 Å². The van der Waals surface area contributed by atoms with Crippen molar-refractivity contribution in [2.24, 2.45) is 0 Å². The van der Waals surface area contributed by atoms with Gasteiger partial charge in [0.15, 0.2) is 0 Å². The van der Waals surface area contributed by atoms with Gasteiger partial charge in [0.2, 0.25) is 5.91 Å². The second-order valence-corrected chi connectivity index (χ2v) is 4.80. The molecule has 0 aliphatic heterocycles. The van der Waals surface area contributed by atoms with E-state index in [0.29, 0.717) is 6.61 Å². The summed E-state index contributed by atoms with van der Waals surface area (Å²) >= 11 is 3.34. The maximum absolute atomic E-state index is 11.7. The second-order valence-electron chi connectivity index (χ2n) is 3.88. The molecule has 0 aliphatic rings. The zero-order chi connectivity index (χ0) is 14.3. The van der Waals surface area contributed by atoms with E-state index in [1.165, 1.54) is 11.0 Å². The van der Waals surface area contributed by atoms with Gasteiger partial charge in [0, 0.05) is 17.6 Å². The fourth-order valence-electron chi connectivity index (χ4n) is 1.35. The predicted molar refractivity (Wildman–Crippen MR) is 77.4 cm³/mol. The van der Waals surface area contributed by atoms with Crippen LogP contribution in [-0.2, 0) is 14.3 Å². The number of hydrogen-bond acceptors (Lipinski definition) is 3. The second kappa shape index (κ2) is 7.74. The SMILES string of the molecule is CCOC(=O)CN(C)C(=O)/C=C/c1ccc(Br)cc1. The van der Waals surface area contributed by atoms with Crippen molar-refractivity contribution in [2.45, 2.75) is 6.92 Å². The van der Waals surface area contributed by atoms with E-state index < -0.39 is 5.97 Å². The summed E-state index contributed by atoms with van der Waals surface area (Å²) in [5, 5.41) is 0. The largest absolute Gasteiger partial charge is 0.465 e. The molecule has 1 rings (SSSR count). The Morgan fingerprint density at radius 1 is 1.32 bits per heavy atom. The summed E-state index contributed by atoms with van der Waals surface area (Å²) in [5.41, 5.74) is 0.918. The molecule has 0 heterocycles. The number of halogens is 1. The molecule has 1 aromatic rings. The molecule has 0 saturated heterocycles. The number of nitrogens with zero attached hydrogens (tertiary/aromatic N) is 1. The van der Waals surface area contributed by atoms with E-state index in [-0.39, 0.29) is 12.5 Å². The summed E-state index contributed by atoms with van der Waals surface area (Å²) in [4.78, 5) is 24.3. The monoisotopic (exact) mass is 325 g/mol. The predicted octanol–water partition coefficient (Wildman–Crippen LogP) is 2.48. The Kier molecular flexibility index (Phi) is 6.29. The molecule has 0 radical (unpaired) electrons. The topological polar surface area (TPSA) is 46.6 Å². The third-order valence-corrected chi connectivity index (χ3v) is 2.86. The van der Waals surface area contributed by atoms with Gasteiger partial charge in [0.25, 0.3) is 0 Å². The van der Waals surface area contributed by atoms with Crippen molar-refractivity contribution in [2.75, 3.05) is 20.2 Å². The Labute approximate surface area is 121 Å². The van der Waals surface area contributed by atoms with Gasteiger partial charge < -0.3 is 9.64 Å². The highest BCUT2D eigenvalue weighted by molar-refractivity contribution is 9.10. The van der Waals surface area contributed by atoms with Crippen LogP contribution in [0.2, 0.25) is 0 Å². The fourth-order valence-corrected chi connectivity index (χ4v) is 1.61. The fraction of sp³-hybridized carbons (Fsp3) is 0.286. The lowest BCUT2D eigenvalue weighted by molar-refractivity contribution is -0.146. The Morgan fingerprint density at radius 3 is 2.53 bits per heavy atom. The Morgan fingerprint density at radius 2 is 1.95 bits per heavy atom. The van der Waals surface area contributed by atoms with Crippen molar-refractivity contribution in [1.82, 2.24) is 4.90 Å². The van der Waals surface area contributed by atoms with Gasteiger partial charge in [0.1, 0.15) is 6.54 Å². The van der Waals surface area contributed by atoms with Crippen LogP contribution >= 0.6 is 15.9 Å². The molecule has 0 fully saturated rings. The van der Waals surface area contributed by atoms with Gasteiger partial charge in [-0.2, -0.15) is 0 Å². The van der Waals surface area contributed by atoms with Gasteiger partial charge in [-0.3, -0.25) is 9.59 Å². The summed E-state index contributed by atoms with van der Waals surface area (Å²) in [6, 6.07) is 7.57. The number of benzene rings is 1. The normalized spacial score (nSPS) is 10.5. The van der Waals surface area contributed by atoms with Crippen molar-refractivity contribution < 1.29 is 14.3 Å². The average Bonchev–Trinajstić information content (AvgIpc) is 2.37. The molecule has 5 heteroatoms. The summed E-state index contributed by atoms with van der Waals surface area (Å²) in [6.45, 7) is 2.00. The Hall–Kier alpha value is -1.62. The number of amides is 1. The van der Waals surface area contributed by atoms with Crippen LogP contribution in [0.5, 0.6) is 0 Å². The number of ether oxygens (including phenoxy) is 1. The summed E-state index contributed by atoms with van der Waals surface area (Å²) in [6.07, 6.45) is 3.14. The molecule has 0 spiro atoms. The van der Waals surface area contributed by atoms with Gasteiger partial charge in [-0.05, 0) is 30.7 Å². The van der Waals surface area contributed by atoms with Crippen LogP contribution in [0.3, 0.4) is 0 Å². The summed E-state index contributed by atoms with van der Waals surface area (Å²) < 4.78 is 5.76. The maximum Gasteiger partial charge on any atom is 0.325 e. The molecule has 102 valence electrons. The minimum absolute atomic E-state index is 0.0443. The minimum atomic E-state index is -0.407. The lowest BCUT2D eigenvalue weighted by atomic mass is 10.2. The molecule has 0 bridgehead atoms. The summed E-state index contributed by atoms with van der Waals surface area (Å²) in [5.74, 6) is -0.647. The smallest absolute Gasteiger partial charge is 0.325 e. The molecular weight excluding hydrogens is 310 g/mol. The van der Waals surface area contributed by atoms with Gasteiger partial charge in [-0.25, -0.2) is 0 Å². The molecule has 0 saturated carbocycles. The lowest BCUT2D eigenvalue weighted by Crippen LogP contribution is -2.31. The van der Waals surface area contributed by atoms with Gasteiger partial charge in [0.05, 0.1) is 6.61 Å². The van der Waals surface area contributed by atoms with Crippen LogP contribution < -0.4 is 0 Å². The molecule has 0 atom stereocenters. The zero-order valence-corrected chi connectivity index (χ0v) is 12.5. The van der Waals surface area contributed by atoms with E-state index in [2.05, 4.69) is 15.9 Å². The molecular formula is C14H16BrNO3. The van der Waals surface area contributed by atoms with E-state index in [4.69, 9.17) is 4.74 Å². The number of carbonyl (C=O) groups is 2. The molecule has 19 heavy (non-hydrogen) atoms. The maximum atomic E-state index is 11.7. The molecule has 1 amide bonds. The first kappa shape index (κ1) is 15.4. The number of likely N-dealkylation sites (N-methyl/N-ethyl adjacent to an activating group) is 1. The van der Waals surface area contributed by atoms with Gasteiger partial charge in [-0.1, -0.05) is 28.1 Å². The molecule has 0 N–H and O–H groups in total.